The summed E-state index contributed by atoms with van der Waals surface area (Å²) in [5.41, 5.74) is 6.95. The third-order valence-electron chi connectivity index (χ3n) is 6.01. The zero-order chi connectivity index (χ0) is 20.6. The van der Waals surface area contributed by atoms with E-state index in [2.05, 4.69) is 76.2 Å². The molecule has 0 aromatic heterocycles. The van der Waals surface area contributed by atoms with Crippen LogP contribution in [0, 0.1) is 0 Å². The molecule has 0 radical (unpaired) electrons. The van der Waals surface area contributed by atoms with Crippen molar-refractivity contribution in [3.63, 3.8) is 0 Å². The molecule has 3 aromatic carbocycles. The molecule has 2 unspecified atom stereocenters. The van der Waals surface area contributed by atoms with Crippen LogP contribution in [-0.2, 0) is 5.41 Å². The Labute approximate surface area is 174 Å². The molecule has 0 saturated carbocycles. The van der Waals surface area contributed by atoms with E-state index in [9.17, 15) is 4.79 Å². The molecule has 0 amide bonds. The van der Waals surface area contributed by atoms with Crippen molar-refractivity contribution in [2.45, 2.75) is 44.9 Å². The summed E-state index contributed by atoms with van der Waals surface area (Å²) in [6.45, 7) is 8.83. The van der Waals surface area contributed by atoms with E-state index in [0.29, 0.717) is 0 Å². The van der Waals surface area contributed by atoms with Crippen molar-refractivity contribution in [3.05, 3.63) is 113 Å². The van der Waals surface area contributed by atoms with Crippen molar-refractivity contribution >= 4 is 11.4 Å². The molecule has 1 aliphatic carbocycles. The number of allylic oxidation sites excluding steroid dienone is 2. The summed E-state index contributed by atoms with van der Waals surface area (Å²) in [5, 5.41) is 0. The van der Waals surface area contributed by atoms with Gasteiger partial charge < -0.3 is 0 Å². The molecule has 0 heterocycles. The van der Waals surface area contributed by atoms with Gasteiger partial charge in [-0.15, -0.1) is 0 Å². The van der Waals surface area contributed by atoms with Crippen LogP contribution in [0.3, 0.4) is 0 Å². The highest BCUT2D eigenvalue weighted by Gasteiger charge is 2.35. The molecule has 146 valence electrons. The van der Waals surface area contributed by atoms with Gasteiger partial charge in [-0.1, -0.05) is 106 Å². The lowest BCUT2D eigenvalue weighted by Crippen LogP contribution is -2.24. The summed E-state index contributed by atoms with van der Waals surface area (Å²) < 4.78 is 0. The lowest BCUT2D eigenvalue weighted by atomic mass is 9.70. The third-order valence-corrected chi connectivity index (χ3v) is 6.01. The Bertz CT molecular complexity index is 1050. The van der Waals surface area contributed by atoms with Gasteiger partial charge in [0.1, 0.15) is 0 Å². The molecule has 0 fully saturated rings. The summed E-state index contributed by atoms with van der Waals surface area (Å²) in [6, 6.07) is 26.9. The molecular weight excluding hydrogens is 352 g/mol. The Hall–Kier alpha value is -2.93. The van der Waals surface area contributed by atoms with E-state index in [-0.39, 0.29) is 23.0 Å². The largest absolute Gasteiger partial charge is 0.293 e. The SMILES string of the molecule is CC1=CC(c2ccc(C(C)(C)C)cc2)C(C(=O)c2ccccc2)c2ccccc21. The molecular formula is C28H28O. The number of rotatable bonds is 3. The number of Topliss-reactive ketones (excluding diaryl/α,β-unsaturated/α-hetero) is 1. The summed E-state index contributed by atoms with van der Waals surface area (Å²) in [6.07, 6.45) is 2.28. The summed E-state index contributed by atoms with van der Waals surface area (Å²) >= 11 is 0. The maximum Gasteiger partial charge on any atom is 0.171 e. The second kappa shape index (κ2) is 7.48. The standard InChI is InChI=1S/C28H28O/c1-19-18-25(20-14-16-22(17-15-20)28(2,3)4)26(24-13-9-8-12-23(19)24)27(29)21-10-6-5-7-11-21/h5-18,25-26H,1-4H3. The summed E-state index contributed by atoms with van der Waals surface area (Å²) in [5.74, 6) is 0.0103. The van der Waals surface area contributed by atoms with Crippen LogP contribution in [0.2, 0.25) is 0 Å². The fourth-order valence-corrected chi connectivity index (χ4v) is 4.36. The molecule has 2 atom stereocenters. The van der Waals surface area contributed by atoms with Crippen molar-refractivity contribution in [1.82, 2.24) is 0 Å². The maximum absolute atomic E-state index is 13.6. The predicted molar refractivity (Wildman–Crippen MR) is 121 cm³/mol. The van der Waals surface area contributed by atoms with E-state index in [1.807, 2.05) is 36.4 Å². The van der Waals surface area contributed by atoms with Crippen molar-refractivity contribution in [3.8, 4) is 0 Å². The highest BCUT2D eigenvalue weighted by atomic mass is 16.1. The van der Waals surface area contributed by atoms with Gasteiger partial charge in [-0.25, -0.2) is 0 Å². The number of carbonyl (C=O) groups excluding carboxylic acids is 1. The molecule has 1 heteroatoms. The first-order valence-electron chi connectivity index (χ1n) is 10.3. The third kappa shape index (κ3) is 3.70. The number of hydrogen-bond acceptors (Lipinski definition) is 1. The topological polar surface area (TPSA) is 17.1 Å². The lowest BCUT2D eigenvalue weighted by Gasteiger charge is -2.32. The Morgan fingerprint density at radius 3 is 2.07 bits per heavy atom. The van der Waals surface area contributed by atoms with Crippen LogP contribution in [-0.4, -0.2) is 5.78 Å². The van der Waals surface area contributed by atoms with Crippen LogP contribution < -0.4 is 0 Å². The smallest absolute Gasteiger partial charge is 0.171 e. The van der Waals surface area contributed by atoms with E-state index in [1.165, 1.54) is 22.3 Å². The Morgan fingerprint density at radius 2 is 1.41 bits per heavy atom. The van der Waals surface area contributed by atoms with Gasteiger partial charge in [0.15, 0.2) is 5.78 Å². The fourth-order valence-electron chi connectivity index (χ4n) is 4.36. The Morgan fingerprint density at radius 1 is 0.793 bits per heavy atom. The van der Waals surface area contributed by atoms with Gasteiger partial charge in [-0.05, 0) is 40.2 Å². The normalized spacial score (nSPS) is 18.7. The number of carbonyl (C=O) groups is 1. The highest BCUT2D eigenvalue weighted by Crippen LogP contribution is 2.45. The van der Waals surface area contributed by atoms with Crippen molar-refractivity contribution in [1.29, 1.82) is 0 Å². The van der Waals surface area contributed by atoms with Crippen molar-refractivity contribution in [2.24, 2.45) is 0 Å². The number of benzene rings is 3. The number of fused-ring (bicyclic) bond motifs is 1. The minimum absolute atomic E-state index is 0.0339. The van der Waals surface area contributed by atoms with Gasteiger partial charge in [0.2, 0.25) is 0 Å². The summed E-state index contributed by atoms with van der Waals surface area (Å²) in [7, 11) is 0. The molecule has 0 N–H and O–H groups in total. The van der Waals surface area contributed by atoms with Crippen LogP contribution in [0.1, 0.15) is 72.1 Å². The second-order valence-electron chi connectivity index (χ2n) is 9.04. The molecule has 0 bridgehead atoms. The highest BCUT2D eigenvalue weighted by molar-refractivity contribution is 6.03. The first-order chi connectivity index (χ1) is 13.9. The van der Waals surface area contributed by atoms with Gasteiger partial charge >= 0.3 is 0 Å². The fraction of sp³-hybridized carbons (Fsp3) is 0.250. The van der Waals surface area contributed by atoms with E-state index in [4.69, 9.17) is 0 Å². The molecule has 1 nitrogen and oxygen atoms in total. The minimum Gasteiger partial charge on any atom is -0.293 e. The molecule has 0 aliphatic heterocycles. The zero-order valence-electron chi connectivity index (χ0n) is 17.6. The molecule has 4 rings (SSSR count). The number of hydrogen-bond donors (Lipinski definition) is 0. The second-order valence-corrected chi connectivity index (χ2v) is 9.04. The minimum atomic E-state index is -0.210. The van der Waals surface area contributed by atoms with Gasteiger partial charge in [-0.3, -0.25) is 4.79 Å². The summed E-state index contributed by atoms with van der Waals surface area (Å²) in [4.78, 5) is 13.6. The van der Waals surface area contributed by atoms with E-state index >= 15 is 0 Å². The van der Waals surface area contributed by atoms with Crippen LogP contribution in [0.25, 0.3) is 5.57 Å². The quantitative estimate of drug-likeness (QED) is 0.441. The van der Waals surface area contributed by atoms with Crippen LogP contribution in [0.15, 0.2) is 84.9 Å². The average Bonchev–Trinajstić information content (AvgIpc) is 2.73. The van der Waals surface area contributed by atoms with Crippen LogP contribution >= 0.6 is 0 Å². The monoisotopic (exact) mass is 380 g/mol. The lowest BCUT2D eigenvalue weighted by molar-refractivity contribution is 0.0952. The van der Waals surface area contributed by atoms with Gasteiger partial charge in [0.05, 0.1) is 5.92 Å². The van der Waals surface area contributed by atoms with E-state index in [0.717, 1.165) is 11.1 Å². The van der Waals surface area contributed by atoms with Gasteiger partial charge in [0, 0.05) is 11.5 Å². The first kappa shape index (κ1) is 19.4. The Kier molecular flexibility index (Phi) is 5.00. The molecule has 29 heavy (non-hydrogen) atoms. The molecule has 3 aromatic rings. The number of ketones is 1. The van der Waals surface area contributed by atoms with Crippen molar-refractivity contribution in [2.75, 3.05) is 0 Å². The Balaban J connectivity index is 1.83. The van der Waals surface area contributed by atoms with Gasteiger partial charge in [0.25, 0.3) is 0 Å². The predicted octanol–water partition coefficient (Wildman–Crippen LogP) is 7.15. The van der Waals surface area contributed by atoms with Crippen LogP contribution in [0.5, 0.6) is 0 Å². The van der Waals surface area contributed by atoms with Crippen molar-refractivity contribution < 1.29 is 4.79 Å². The van der Waals surface area contributed by atoms with E-state index in [1.54, 1.807) is 0 Å². The average molecular weight is 381 g/mol. The van der Waals surface area contributed by atoms with E-state index < -0.39 is 0 Å². The molecule has 0 saturated heterocycles. The van der Waals surface area contributed by atoms with Gasteiger partial charge in [-0.2, -0.15) is 0 Å². The first-order valence-corrected chi connectivity index (χ1v) is 10.3. The molecule has 1 aliphatic rings. The zero-order valence-corrected chi connectivity index (χ0v) is 17.6. The molecule has 0 spiro atoms. The maximum atomic E-state index is 13.6. The van der Waals surface area contributed by atoms with Crippen LogP contribution in [0.4, 0.5) is 0 Å².